The number of nitrogens with one attached hydrogen (secondary N) is 1. The van der Waals surface area contributed by atoms with E-state index in [2.05, 4.69) is 5.32 Å². The second-order valence-electron chi connectivity index (χ2n) is 5.28. The number of hydrogen-bond donors (Lipinski definition) is 2. The van der Waals surface area contributed by atoms with Gasteiger partial charge in [0.25, 0.3) is 0 Å². The average molecular weight is 250 g/mol. The Kier molecular flexibility index (Phi) is 4.73. The van der Waals surface area contributed by atoms with E-state index in [1.807, 2.05) is 52.0 Å². The Bertz CT molecular complexity index is 393. The molecule has 0 aromatic heterocycles. The van der Waals surface area contributed by atoms with Crippen LogP contribution in [-0.2, 0) is 4.79 Å². The van der Waals surface area contributed by atoms with E-state index in [4.69, 9.17) is 10.5 Å². The van der Waals surface area contributed by atoms with Crippen molar-refractivity contribution in [2.45, 2.75) is 39.3 Å². The van der Waals surface area contributed by atoms with Crippen LogP contribution in [0.2, 0.25) is 0 Å². The van der Waals surface area contributed by atoms with Crippen LogP contribution in [0.25, 0.3) is 0 Å². The number of nitrogens with two attached hydrogens (primary N) is 1. The van der Waals surface area contributed by atoms with Crippen LogP contribution in [0, 0.1) is 0 Å². The van der Waals surface area contributed by atoms with Crippen LogP contribution in [0.15, 0.2) is 24.3 Å². The normalized spacial score (nSPS) is 12.9. The van der Waals surface area contributed by atoms with Crippen molar-refractivity contribution < 1.29 is 9.53 Å². The van der Waals surface area contributed by atoms with E-state index >= 15 is 0 Å². The molecule has 0 spiro atoms. The summed E-state index contributed by atoms with van der Waals surface area (Å²) in [5, 5.41) is 2.81. The molecule has 1 atom stereocenters. The minimum absolute atomic E-state index is 0.00948. The van der Waals surface area contributed by atoms with Gasteiger partial charge in [0.2, 0.25) is 5.91 Å². The van der Waals surface area contributed by atoms with Crippen LogP contribution in [0.5, 0.6) is 5.75 Å². The molecule has 1 aromatic carbocycles. The van der Waals surface area contributed by atoms with E-state index in [9.17, 15) is 4.79 Å². The first-order chi connectivity index (χ1) is 8.31. The fourth-order valence-electron chi connectivity index (χ4n) is 1.56. The van der Waals surface area contributed by atoms with Crippen molar-refractivity contribution in [1.82, 2.24) is 5.32 Å². The van der Waals surface area contributed by atoms with E-state index in [1.54, 1.807) is 0 Å². The van der Waals surface area contributed by atoms with E-state index in [1.165, 1.54) is 0 Å². The largest absolute Gasteiger partial charge is 0.488 e. The summed E-state index contributed by atoms with van der Waals surface area (Å²) in [4.78, 5) is 11.2. The number of rotatable bonds is 4. The molecule has 1 unspecified atom stereocenters. The van der Waals surface area contributed by atoms with Gasteiger partial charge in [-0.05, 0) is 45.4 Å². The highest BCUT2D eigenvalue weighted by Gasteiger charge is 2.12. The molecule has 1 aromatic rings. The van der Waals surface area contributed by atoms with Gasteiger partial charge in [-0.2, -0.15) is 0 Å². The summed E-state index contributed by atoms with van der Waals surface area (Å²) in [6, 6.07) is 7.66. The Hall–Kier alpha value is -1.55. The molecule has 0 fully saturated rings. The molecular formula is C14H22N2O2. The number of carbonyl (C=O) groups is 1. The topological polar surface area (TPSA) is 64.4 Å². The number of ether oxygens (including phenoxy) is 1. The molecule has 0 heterocycles. The molecule has 3 N–H and O–H groups in total. The van der Waals surface area contributed by atoms with Gasteiger partial charge in [-0.1, -0.05) is 12.1 Å². The van der Waals surface area contributed by atoms with Crippen LogP contribution in [0.3, 0.4) is 0 Å². The lowest BCUT2D eigenvalue weighted by molar-refractivity contribution is -0.120. The van der Waals surface area contributed by atoms with Gasteiger partial charge >= 0.3 is 0 Å². The highest BCUT2D eigenvalue weighted by molar-refractivity contribution is 5.78. The molecule has 4 nitrogen and oxygen atoms in total. The monoisotopic (exact) mass is 250 g/mol. The fourth-order valence-corrected chi connectivity index (χ4v) is 1.56. The average Bonchev–Trinajstić information content (AvgIpc) is 2.27. The predicted octanol–water partition coefficient (Wildman–Crippen LogP) is 2.00. The molecule has 0 bridgehead atoms. The summed E-state index contributed by atoms with van der Waals surface area (Å²) < 4.78 is 5.73. The maximum atomic E-state index is 11.2. The van der Waals surface area contributed by atoms with E-state index in [-0.39, 0.29) is 24.1 Å². The molecule has 18 heavy (non-hydrogen) atoms. The van der Waals surface area contributed by atoms with Crippen molar-refractivity contribution in [3.05, 3.63) is 29.8 Å². The fraction of sp³-hybridized carbons (Fsp3) is 0.500. The number of carbonyl (C=O) groups excluding carboxylic acids is 1. The summed E-state index contributed by atoms with van der Waals surface area (Å²) in [6.07, 6.45) is 0. The second kappa shape index (κ2) is 5.87. The first kappa shape index (κ1) is 14.5. The quantitative estimate of drug-likeness (QED) is 0.859. The van der Waals surface area contributed by atoms with Gasteiger partial charge in [0.05, 0.1) is 12.6 Å². The summed E-state index contributed by atoms with van der Waals surface area (Å²) in [7, 11) is 0. The molecule has 1 amide bonds. The zero-order valence-electron chi connectivity index (χ0n) is 11.5. The minimum atomic E-state index is -0.207. The van der Waals surface area contributed by atoms with Crippen molar-refractivity contribution >= 4 is 5.91 Å². The van der Waals surface area contributed by atoms with Crippen molar-refractivity contribution in [2.24, 2.45) is 5.73 Å². The second-order valence-corrected chi connectivity index (χ2v) is 5.28. The molecule has 4 heteroatoms. The molecule has 0 saturated heterocycles. The lowest BCUT2D eigenvalue weighted by Gasteiger charge is -2.22. The Labute approximate surface area is 109 Å². The van der Waals surface area contributed by atoms with Gasteiger partial charge in [0.1, 0.15) is 11.4 Å². The SMILES string of the molecule is CC(NC(=O)CN)c1ccc(OC(C)(C)C)cc1. The molecule has 0 saturated carbocycles. The first-order valence-corrected chi connectivity index (χ1v) is 6.10. The molecule has 0 aliphatic heterocycles. The van der Waals surface area contributed by atoms with Gasteiger partial charge in [-0.15, -0.1) is 0 Å². The molecule has 0 aliphatic carbocycles. The van der Waals surface area contributed by atoms with Crippen LogP contribution >= 0.6 is 0 Å². The minimum Gasteiger partial charge on any atom is -0.488 e. The third-order valence-electron chi connectivity index (χ3n) is 2.37. The zero-order chi connectivity index (χ0) is 13.8. The lowest BCUT2D eigenvalue weighted by Crippen LogP contribution is -2.32. The highest BCUT2D eigenvalue weighted by atomic mass is 16.5. The zero-order valence-corrected chi connectivity index (χ0v) is 11.5. The van der Waals surface area contributed by atoms with E-state index in [0.717, 1.165) is 11.3 Å². The predicted molar refractivity (Wildman–Crippen MR) is 72.4 cm³/mol. The van der Waals surface area contributed by atoms with Crippen LogP contribution in [0.1, 0.15) is 39.3 Å². The Morgan fingerprint density at radius 3 is 2.33 bits per heavy atom. The van der Waals surface area contributed by atoms with E-state index in [0.29, 0.717) is 0 Å². The summed E-state index contributed by atoms with van der Waals surface area (Å²) >= 11 is 0. The van der Waals surface area contributed by atoms with Gasteiger partial charge < -0.3 is 15.8 Å². The standard InChI is InChI=1S/C14H22N2O2/c1-10(16-13(17)9-15)11-5-7-12(8-6-11)18-14(2,3)4/h5-8,10H,9,15H2,1-4H3,(H,16,17). The first-order valence-electron chi connectivity index (χ1n) is 6.10. The molecule has 100 valence electrons. The molecule has 1 rings (SSSR count). The van der Waals surface area contributed by atoms with Crippen molar-refractivity contribution in [3.63, 3.8) is 0 Å². The van der Waals surface area contributed by atoms with Gasteiger partial charge in [-0.25, -0.2) is 0 Å². The van der Waals surface area contributed by atoms with Gasteiger partial charge in [0.15, 0.2) is 0 Å². The summed E-state index contributed by atoms with van der Waals surface area (Å²) in [5.74, 6) is 0.668. The summed E-state index contributed by atoms with van der Waals surface area (Å²) in [6.45, 7) is 7.95. The van der Waals surface area contributed by atoms with Crippen LogP contribution < -0.4 is 15.8 Å². The Morgan fingerprint density at radius 2 is 1.89 bits per heavy atom. The maximum Gasteiger partial charge on any atom is 0.234 e. The van der Waals surface area contributed by atoms with Crippen molar-refractivity contribution in [1.29, 1.82) is 0 Å². The van der Waals surface area contributed by atoms with Crippen molar-refractivity contribution in [2.75, 3.05) is 6.54 Å². The molecular weight excluding hydrogens is 228 g/mol. The maximum absolute atomic E-state index is 11.2. The highest BCUT2D eigenvalue weighted by Crippen LogP contribution is 2.21. The van der Waals surface area contributed by atoms with Gasteiger partial charge in [0, 0.05) is 0 Å². The Morgan fingerprint density at radius 1 is 1.33 bits per heavy atom. The molecule has 0 radical (unpaired) electrons. The molecule has 0 aliphatic rings. The summed E-state index contributed by atoms with van der Waals surface area (Å²) in [5.41, 5.74) is 6.08. The number of benzene rings is 1. The van der Waals surface area contributed by atoms with Crippen LogP contribution in [0.4, 0.5) is 0 Å². The van der Waals surface area contributed by atoms with E-state index < -0.39 is 0 Å². The van der Waals surface area contributed by atoms with Gasteiger partial charge in [-0.3, -0.25) is 4.79 Å². The lowest BCUT2D eigenvalue weighted by atomic mass is 10.1. The third-order valence-corrected chi connectivity index (χ3v) is 2.37. The number of amides is 1. The third kappa shape index (κ3) is 4.75. The van der Waals surface area contributed by atoms with Crippen LogP contribution in [-0.4, -0.2) is 18.1 Å². The smallest absolute Gasteiger partial charge is 0.234 e. The van der Waals surface area contributed by atoms with Crippen molar-refractivity contribution in [3.8, 4) is 5.75 Å². The number of hydrogen-bond acceptors (Lipinski definition) is 3. The Balaban J connectivity index is 2.67.